The molecule has 30 heavy (non-hydrogen) atoms. The van der Waals surface area contributed by atoms with Gasteiger partial charge in [0.2, 0.25) is 0 Å². The summed E-state index contributed by atoms with van der Waals surface area (Å²) in [4.78, 5) is 0. The predicted molar refractivity (Wildman–Crippen MR) is 138 cm³/mol. The Morgan fingerprint density at radius 2 is 0.933 bits per heavy atom. The van der Waals surface area contributed by atoms with Crippen LogP contribution in [-0.2, 0) is 0 Å². The molecule has 0 bridgehead atoms. The van der Waals surface area contributed by atoms with Crippen molar-refractivity contribution in [1.82, 2.24) is 0 Å². The van der Waals surface area contributed by atoms with Crippen molar-refractivity contribution < 1.29 is 0 Å². The van der Waals surface area contributed by atoms with Crippen LogP contribution in [0.2, 0.25) is 0 Å². The molecule has 0 saturated heterocycles. The third-order valence-electron chi connectivity index (χ3n) is 5.33. The van der Waals surface area contributed by atoms with Gasteiger partial charge in [-0.2, -0.15) is 0 Å². The second-order valence-electron chi connectivity index (χ2n) is 7.38. The maximum absolute atomic E-state index is 4.45. The van der Waals surface area contributed by atoms with Gasteiger partial charge in [0.05, 0.1) is 0 Å². The molecule has 0 aliphatic carbocycles. The minimum atomic E-state index is -3.07. The van der Waals surface area contributed by atoms with Gasteiger partial charge in [-0.15, -0.1) is 0 Å². The number of nitrogens with one attached hydrogen (secondary N) is 1. The molecule has 0 aromatic heterocycles. The Kier molecular flexibility index (Phi) is 5.90. The number of benzene rings is 4. The number of anilines is 1. The van der Waals surface area contributed by atoms with E-state index in [-0.39, 0.29) is 0 Å². The zero-order chi connectivity index (χ0) is 20.9. The molecule has 0 amide bonds. The van der Waals surface area contributed by atoms with E-state index in [4.69, 9.17) is 0 Å². The number of hydrogen-bond acceptors (Lipinski definition) is 1. The molecule has 0 unspecified atom stereocenters. The molecule has 4 aromatic carbocycles. The Morgan fingerprint density at radius 1 is 0.600 bits per heavy atom. The molecule has 4 aromatic rings. The molecule has 0 atom stereocenters. The monoisotopic (exact) mass is 473 g/mol. The van der Waals surface area contributed by atoms with Crippen molar-refractivity contribution in [2.24, 2.45) is 0 Å². The van der Waals surface area contributed by atoms with Gasteiger partial charge in [0.1, 0.15) is 0 Å². The van der Waals surface area contributed by atoms with E-state index in [1.807, 2.05) is 6.07 Å². The summed E-state index contributed by atoms with van der Waals surface area (Å²) in [6, 6.07) is 42.7. The van der Waals surface area contributed by atoms with Crippen LogP contribution in [0.3, 0.4) is 0 Å². The number of rotatable bonds is 6. The van der Waals surface area contributed by atoms with E-state index in [0.717, 1.165) is 11.4 Å². The van der Waals surface area contributed by atoms with Crippen LogP contribution in [0.15, 0.2) is 133 Å². The van der Waals surface area contributed by atoms with Gasteiger partial charge in [-0.1, -0.05) is 0 Å². The van der Waals surface area contributed by atoms with Crippen LogP contribution in [0.5, 0.6) is 0 Å². The molecule has 1 nitrogen and oxygen atoms in total. The van der Waals surface area contributed by atoms with Gasteiger partial charge in [-0.25, -0.2) is 0 Å². The van der Waals surface area contributed by atoms with Gasteiger partial charge in [0.15, 0.2) is 0 Å². The molecule has 0 aliphatic heterocycles. The Morgan fingerprint density at radius 3 is 1.30 bits per heavy atom. The predicted octanol–water partition coefficient (Wildman–Crippen LogP) is 6.80. The van der Waals surface area contributed by atoms with Gasteiger partial charge in [-0.3, -0.25) is 0 Å². The summed E-state index contributed by atoms with van der Waals surface area (Å²) in [5.74, 6) is 2.42. The number of hydrogen-bond donors (Lipinski definition) is 1. The summed E-state index contributed by atoms with van der Waals surface area (Å²) in [6.45, 7) is 2.14. The summed E-state index contributed by atoms with van der Waals surface area (Å²) < 4.78 is 0. The molecule has 150 valence electrons. The Bertz CT molecular complexity index is 1030. The molecule has 4 rings (SSSR count). The van der Waals surface area contributed by atoms with Crippen LogP contribution >= 0.6 is 20.8 Å². The minimum absolute atomic E-state index is 1.08. The fourth-order valence-electron chi connectivity index (χ4n) is 3.97. The van der Waals surface area contributed by atoms with Gasteiger partial charge in [0, 0.05) is 0 Å². The first-order valence-electron chi connectivity index (χ1n) is 10.0. The molecule has 0 heterocycles. The van der Waals surface area contributed by atoms with E-state index in [0.29, 0.717) is 0 Å². The molecule has 0 spiro atoms. The average molecular weight is 474 g/mol. The van der Waals surface area contributed by atoms with Crippen LogP contribution in [0.4, 0.5) is 5.69 Å². The van der Waals surface area contributed by atoms with Crippen molar-refractivity contribution in [2.45, 2.75) is 6.92 Å². The molecular formula is C27H25BrNP. The van der Waals surface area contributed by atoms with E-state index >= 15 is 0 Å². The zero-order valence-corrected chi connectivity index (χ0v) is 19.4. The summed E-state index contributed by atoms with van der Waals surface area (Å²) >= 11 is 4.45. The number of halogens is 1. The van der Waals surface area contributed by atoms with E-state index in [2.05, 4.69) is 149 Å². The van der Waals surface area contributed by atoms with Gasteiger partial charge in [-0.05, 0) is 0 Å². The van der Waals surface area contributed by atoms with E-state index in [1.165, 1.54) is 15.9 Å². The van der Waals surface area contributed by atoms with Crippen LogP contribution in [0.25, 0.3) is 0 Å². The fraction of sp³-hybridized carbons (Fsp3) is 0.0370. The normalized spacial score (nSPS) is 13.3. The number of para-hydroxylation sites is 1. The number of allylic oxidation sites excluding steroid dienone is 1. The standard InChI is InChI=1S/C27H25BrNP/c1-23(29-24-14-6-2-7-15-24)22-30(28,25-16-8-3-9-17-25,26-18-10-4-11-19-26)27-20-12-5-13-21-27/h2-22,29H,1H3. The quantitative estimate of drug-likeness (QED) is 0.303. The summed E-state index contributed by atoms with van der Waals surface area (Å²) in [7, 11) is 0. The van der Waals surface area contributed by atoms with E-state index in [1.54, 1.807) is 0 Å². The van der Waals surface area contributed by atoms with Crippen molar-refractivity contribution in [3.8, 4) is 0 Å². The fourth-order valence-corrected chi connectivity index (χ4v) is 11.4. The summed E-state index contributed by atoms with van der Waals surface area (Å²) in [5, 5.41) is 4.35. The van der Waals surface area contributed by atoms with Crippen molar-refractivity contribution in [3.63, 3.8) is 0 Å². The molecular weight excluding hydrogens is 449 g/mol. The van der Waals surface area contributed by atoms with Crippen molar-refractivity contribution in [1.29, 1.82) is 0 Å². The van der Waals surface area contributed by atoms with E-state index in [9.17, 15) is 0 Å². The topological polar surface area (TPSA) is 12.0 Å². The average Bonchev–Trinajstić information content (AvgIpc) is 2.81. The van der Waals surface area contributed by atoms with Crippen molar-refractivity contribution in [2.75, 3.05) is 5.32 Å². The van der Waals surface area contributed by atoms with Gasteiger partial charge in [0.25, 0.3) is 0 Å². The Balaban J connectivity index is 2.02. The SMILES string of the molecule is CC(=CP(Br)(c1ccccc1)(c1ccccc1)c1ccccc1)Nc1ccccc1. The third-order valence-corrected chi connectivity index (χ3v) is 14.4. The first-order valence-corrected chi connectivity index (χ1v) is 14.4. The molecule has 0 aliphatic rings. The van der Waals surface area contributed by atoms with Crippen molar-refractivity contribution >= 4 is 42.4 Å². The molecule has 0 radical (unpaired) electrons. The second kappa shape index (κ2) is 8.60. The van der Waals surface area contributed by atoms with Crippen LogP contribution < -0.4 is 21.2 Å². The first-order chi connectivity index (χ1) is 14.6. The van der Waals surface area contributed by atoms with Crippen LogP contribution in [-0.4, -0.2) is 0 Å². The first kappa shape index (κ1) is 20.6. The van der Waals surface area contributed by atoms with Crippen LogP contribution in [0.1, 0.15) is 6.92 Å². The second-order valence-corrected chi connectivity index (χ2v) is 15.8. The molecule has 1 N–H and O–H groups in total. The van der Waals surface area contributed by atoms with Gasteiger partial charge >= 0.3 is 187 Å². The molecule has 0 fully saturated rings. The van der Waals surface area contributed by atoms with Crippen LogP contribution in [0, 0.1) is 0 Å². The molecule has 0 saturated carbocycles. The Labute approximate surface area is 187 Å². The Hall–Kier alpha value is -2.67. The third kappa shape index (κ3) is 3.74. The zero-order valence-electron chi connectivity index (χ0n) is 16.9. The van der Waals surface area contributed by atoms with Gasteiger partial charge < -0.3 is 0 Å². The summed E-state index contributed by atoms with van der Waals surface area (Å²) in [5.41, 5.74) is 2.19. The summed E-state index contributed by atoms with van der Waals surface area (Å²) in [6.07, 6.45) is 0. The van der Waals surface area contributed by atoms with E-state index < -0.39 is 5.31 Å². The maximum atomic E-state index is 4.45. The molecule has 3 heteroatoms. The van der Waals surface area contributed by atoms with Crippen molar-refractivity contribution in [3.05, 3.63) is 133 Å².